The molecule has 0 saturated carbocycles. The van der Waals surface area contributed by atoms with E-state index in [0.29, 0.717) is 5.13 Å². The Kier molecular flexibility index (Phi) is 5.87. The molecule has 0 bridgehead atoms. The summed E-state index contributed by atoms with van der Waals surface area (Å²) in [5.74, 6) is 0.924. The third-order valence-electron chi connectivity index (χ3n) is 3.19. The number of anilines is 1. The molecule has 1 aromatic carbocycles. The van der Waals surface area contributed by atoms with Crippen LogP contribution in [-0.2, 0) is 0 Å². The number of rotatable bonds is 8. The monoisotopic (exact) mass is 290 g/mol. The van der Waals surface area contributed by atoms with Crippen molar-refractivity contribution in [2.24, 2.45) is 0 Å². The number of nitrogen functional groups attached to an aromatic ring is 1. The smallest absolute Gasteiger partial charge is 0.180 e. The summed E-state index contributed by atoms with van der Waals surface area (Å²) in [6, 6.07) is 8.05. The lowest BCUT2D eigenvalue weighted by atomic mass is 10.1. The molecular formula is C16H22N2OS. The molecule has 0 spiro atoms. The molecule has 0 unspecified atom stereocenters. The van der Waals surface area contributed by atoms with Crippen LogP contribution in [0.2, 0.25) is 0 Å². The van der Waals surface area contributed by atoms with Gasteiger partial charge in [0, 0.05) is 10.9 Å². The molecule has 3 nitrogen and oxygen atoms in total. The van der Waals surface area contributed by atoms with Gasteiger partial charge in [-0.3, -0.25) is 0 Å². The zero-order chi connectivity index (χ0) is 14.2. The number of unbranched alkanes of at least 4 members (excludes halogenated alkanes) is 4. The molecule has 0 aliphatic carbocycles. The van der Waals surface area contributed by atoms with Crippen LogP contribution in [0.5, 0.6) is 5.75 Å². The first-order valence-corrected chi connectivity index (χ1v) is 8.12. The molecule has 1 heterocycles. The van der Waals surface area contributed by atoms with E-state index in [1.807, 2.05) is 29.6 Å². The zero-order valence-corrected chi connectivity index (χ0v) is 12.8. The number of hydrogen-bond acceptors (Lipinski definition) is 4. The molecule has 0 fully saturated rings. The van der Waals surface area contributed by atoms with Gasteiger partial charge in [-0.15, -0.1) is 11.3 Å². The molecule has 2 rings (SSSR count). The van der Waals surface area contributed by atoms with Crippen molar-refractivity contribution in [3.8, 4) is 17.0 Å². The summed E-state index contributed by atoms with van der Waals surface area (Å²) in [6.07, 6.45) is 6.30. The standard InChI is InChI=1S/C16H22N2OS/c1-2-3-4-5-6-11-19-14-9-7-13(8-10-14)15-12-20-16(17)18-15/h7-10,12H,2-6,11H2,1H3,(H2,17,18). The Morgan fingerprint density at radius 1 is 1.10 bits per heavy atom. The average molecular weight is 290 g/mol. The van der Waals surface area contributed by atoms with E-state index in [0.717, 1.165) is 30.0 Å². The average Bonchev–Trinajstić information content (AvgIpc) is 2.90. The predicted molar refractivity (Wildman–Crippen MR) is 86.2 cm³/mol. The van der Waals surface area contributed by atoms with Crippen LogP contribution in [0.4, 0.5) is 5.13 Å². The van der Waals surface area contributed by atoms with E-state index in [1.165, 1.54) is 37.0 Å². The van der Waals surface area contributed by atoms with Crippen molar-refractivity contribution in [3.63, 3.8) is 0 Å². The largest absolute Gasteiger partial charge is 0.494 e. The van der Waals surface area contributed by atoms with Crippen molar-refractivity contribution >= 4 is 16.5 Å². The molecule has 20 heavy (non-hydrogen) atoms. The van der Waals surface area contributed by atoms with Crippen molar-refractivity contribution in [2.75, 3.05) is 12.3 Å². The first-order valence-electron chi connectivity index (χ1n) is 7.24. The third-order valence-corrected chi connectivity index (χ3v) is 3.86. The highest BCUT2D eigenvalue weighted by Gasteiger charge is 2.02. The summed E-state index contributed by atoms with van der Waals surface area (Å²) in [7, 11) is 0. The molecule has 0 amide bonds. The quantitative estimate of drug-likeness (QED) is 0.714. The number of hydrogen-bond donors (Lipinski definition) is 1. The summed E-state index contributed by atoms with van der Waals surface area (Å²) < 4.78 is 5.74. The van der Waals surface area contributed by atoms with Crippen LogP contribution in [0, 0.1) is 0 Å². The molecule has 0 aliphatic rings. The van der Waals surface area contributed by atoms with Crippen molar-refractivity contribution in [1.82, 2.24) is 4.98 Å². The second-order valence-electron chi connectivity index (χ2n) is 4.86. The molecule has 0 aliphatic heterocycles. The van der Waals surface area contributed by atoms with E-state index in [9.17, 15) is 0 Å². The summed E-state index contributed by atoms with van der Waals surface area (Å²) in [4.78, 5) is 4.27. The molecule has 0 atom stereocenters. The van der Waals surface area contributed by atoms with Gasteiger partial charge >= 0.3 is 0 Å². The van der Waals surface area contributed by atoms with Crippen molar-refractivity contribution in [2.45, 2.75) is 39.0 Å². The van der Waals surface area contributed by atoms with Gasteiger partial charge in [-0.1, -0.05) is 32.6 Å². The van der Waals surface area contributed by atoms with E-state index in [1.54, 1.807) is 0 Å². The SMILES string of the molecule is CCCCCCCOc1ccc(-c2csc(N)n2)cc1. The zero-order valence-electron chi connectivity index (χ0n) is 12.0. The minimum Gasteiger partial charge on any atom is -0.494 e. The van der Waals surface area contributed by atoms with Crippen LogP contribution in [0.15, 0.2) is 29.6 Å². The van der Waals surface area contributed by atoms with Crippen LogP contribution in [0.3, 0.4) is 0 Å². The number of thiazole rings is 1. The topological polar surface area (TPSA) is 48.1 Å². The van der Waals surface area contributed by atoms with Crippen molar-refractivity contribution < 1.29 is 4.74 Å². The summed E-state index contributed by atoms with van der Waals surface area (Å²) >= 11 is 1.46. The maximum atomic E-state index is 5.74. The Labute approximate surface area is 124 Å². The fourth-order valence-electron chi connectivity index (χ4n) is 2.04. The highest BCUT2D eigenvalue weighted by molar-refractivity contribution is 7.13. The highest BCUT2D eigenvalue weighted by atomic mass is 32.1. The number of ether oxygens (including phenoxy) is 1. The van der Waals surface area contributed by atoms with Crippen LogP contribution in [0.1, 0.15) is 39.0 Å². The second-order valence-corrected chi connectivity index (χ2v) is 5.75. The molecule has 2 aromatic rings. The van der Waals surface area contributed by atoms with E-state index >= 15 is 0 Å². The molecule has 4 heteroatoms. The number of nitrogens with zero attached hydrogens (tertiary/aromatic N) is 1. The van der Waals surface area contributed by atoms with E-state index < -0.39 is 0 Å². The molecule has 108 valence electrons. The maximum absolute atomic E-state index is 5.74. The van der Waals surface area contributed by atoms with Crippen LogP contribution >= 0.6 is 11.3 Å². The van der Waals surface area contributed by atoms with Gasteiger partial charge in [0.15, 0.2) is 5.13 Å². The minimum atomic E-state index is 0.604. The lowest BCUT2D eigenvalue weighted by Gasteiger charge is -2.06. The maximum Gasteiger partial charge on any atom is 0.180 e. The van der Waals surface area contributed by atoms with E-state index in [2.05, 4.69) is 11.9 Å². The lowest BCUT2D eigenvalue weighted by molar-refractivity contribution is 0.304. The Bertz CT molecular complexity index is 507. The predicted octanol–water partition coefficient (Wildman–Crippen LogP) is 4.74. The molecule has 1 aromatic heterocycles. The number of nitrogens with two attached hydrogens (primary N) is 1. The number of benzene rings is 1. The van der Waals surface area contributed by atoms with Gasteiger partial charge in [-0.05, 0) is 30.7 Å². The normalized spacial score (nSPS) is 10.7. The highest BCUT2D eigenvalue weighted by Crippen LogP contribution is 2.25. The Hall–Kier alpha value is -1.55. The van der Waals surface area contributed by atoms with Crippen LogP contribution in [0.25, 0.3) is 11.3 Å². The number of aromatic nitrogens is 1. The Morgan fingerprint density at radius 3 is 2.50 bits per heavy atom. The van der Waals surface area contributed by atoms with Gasteiger partial charge in [-0.25, -0.2) is 4.98 Å². The van der Waals surface area contributed by atoms with Gasteiger partial charge in [-0.2, -0.15) is 0 Å². The summed E-state index contributed by atoms with van der Waals surface area (Å²) in [5, 5.41) is 2.58. The first kappa shape index (κ1) is 14.9. The summed E-state index contributed by atoms with van der Waals surface area (Å²) in [5.41, 5.74) is 7.65. The van der Waals surface area contributed by atoms with Gasteiger partial charge in [0.25, 0.3) is 0 Å². The first-order chi connectivity index (χ1) is 9.79. The van der Waals surface area contributed by atoms with E-state index in [-0.39, 0.29) is 0 Å². The fourth-order valence-corrected chi connectivity index (χ4v) is 2.61. The molecule has 2 N–H and O–H groups in total. The molecule has 0 radical (unpaired) electrons. The summed E-state index contributed by atoms with van der Waals surface area (Å²) in [6.45, 7) is 3.03. The van der Waals surface area contributed by atoms with Crippen molar-refractivity contribution in [3.05, 3.63) is 29.6 Å². The van der Waals surface area contributed by atoms with Crippen LogP contribution < -0.4 is 10.5 Å². The third kappa shape index (κ3) is 4.53. The van der Waals surface area contributed by atoms with E-state index in [4.69, 9.17) is 10.5 Å². The molecule has 0 saturated heterocycles. The second kappa shape index (κ2) is 7.90. The molecular weight excluding hydrogens is 268 g/mol. The Morgan fingerprint density at radius 2 is 1.85 bits per heavy atom. The van der Waals surface area contributed by atoms with Gasteiger partial charge < -0.3 is 10.5 Å². The van der Waals surface area contributed by atoms with Gasteiger partial charge in [0.05, 0.1) is 12.3 Å². The van der Waals surface area contributed by atoms with Gasteiger partial charge in [0.2, 0.25) is 0 Å². The fraction of sp³-hybridized carbons (Fsp3) is 0.438. The van der Waals surface area contributed by atoms with Crippen LogP contribution in [-0.4, -0.2) is 11.6 Å². The Balaban J connectivity index is 1.77. The van der Waals surface area contributed by atoms with Gasteiger partial charge in [0.1, 0.15) is 5.75 Å². The lowest BCUT2D eigenvalue weighted by Crippen LogP contribution is -1.97. The van der Waals surface area contributed by atoms with Crippen molar-refractivity contribution in [1.29, 1.82) is 0 Å². The minimum absolute atomic E-state index is 0.604.